The van der Waals surface area contributed by atoms with E-state index in [4.69, 9.17) is 21.8 Å². The average Bonchev–Trinajstić information content (AvgIpc) is 1.99. The van der Waals surface area contributed by atoms with Crippen LogP contribution >= 0.6 is 11.6 Å². The van der Waals surface area contributed by atoms with Crippen LogP contribution in [0.15, 0.2) is 18.2 Å². The molecule has 0 spiro atoms. The van der Waals surface area contributed by atoms with Gasteiger partial charge in [0.05, 0.1) is 5.02 Å². The smallest absolute Gasteiger partial charge is 0.134 e. The Morgan fingerprint density at radius 1 is 1.36 bits per heavy atom. The predicted molar refractivity (Wildman–Crippen MR) is 43.9 cm³/mol. The standard InChI is InChI=1S/C8H9ClO2/c9-8-6(4-5-10)2-1-3-7(8)11/h1-3,10-11H,4-5H2. The molecule has 0 heterocycles. The number of rotatable bonds is 2. The van der Waals surface area contributed by atoms with Crippen LogP contribution in [-0.2, 0) is 6.42 Å². The van der Waals surface area contributed by atoms with E-state index in [1.165, 1.54) is 6.07 Å². The van der Waals surface area contributed by atoms with Crippen LogP contribution in [0.4, 0.5) is 0 Å². The van der Waals surface area contributed by atoms with Gasteiger partial charge in [-0.05, 0) is 18.1 Å². The van der Waals surface area contributed by atoms with E-state index >= 15 is 0 Å². The molecule has 0 aliphatic carbocycles. The Bertz CT molecular complexity index is 248. The fourth-order valence-corrected chi connectivity index (χ4v) is 1.10. The molecule has 0 saturated heterocycles. The Kier molecular flexibility index (Phi) is 2.74. The van der Waals surface area contributed by atoms with Gasteiger partial charge in [0.2, 0.25) is 0 Å². The third kappa shape index (κ3) is 1.85. The van der Waals surface area contributed by atoms with Gasteiger partial charge in [-0.25, -0.2) is 0 Å². The van der Waals surface area contributed by atoms with Crippen molar-refractivity contribution in [2.24, 2.45) is 0 Å². The number of aromatic hydroxyl groups is 1. The van der Waals surface area contributed by atoms with Crippen molar-refractivity contribution in [2.75, 3.05) is 6.61 Å². The van der Waals surface area contributed by atoms with Crippen LogP contribution < -0.4 is 0 Å². The largest absolute Gasteiger partial charge is 0.506 e. The summed E-state index contributed by atoms with van der Waals surface area (Å²) in [5.74, 6) is 0.0672. The molecule has 2 nitrogen and oxygen atoms in total. The first kappa shape index (κ1) is 8.37. The highest BCUT2D eigenvalue weighted by atomic mass is 35.5. The summed E-state index contributed by atoms with van der Waals surface area (Å²) in [6.45, 7) is 0.0448. The van der Waals surface area contributed by atoms with Gasteiger partial charge in [-0.1, -0.05) is 23.7 Å². The summed E-state index contributed by atoms with van der Waals surface area (Å²) in [6.07, 6.45) is 0.479. The van der Waals surface area contributed by atoms with Crippen LogP contribution in [0.3, 0.4) is 0 Å². The molecule has 0 aliphatic heterocycles. The molecule has 2 N–H and O–H groups in total. The number of phenolic OH excluding ortho intramolecular Hbond substituents is 1. The van der Waals surface area contributed by atoms with Crippen molar-refractivity contribution in [2.45, 2.75) is 6.42 Å². The van der Waals surface area contributed by atoms with E-state index in [0.717, 1.165) is 5.56 Å². The molecule has 0 aromatic heterocycles. The van der Waals surface area contributed by atoms with Gasteiger partial charge < -0.3 is 10.2 Å². The highest BCUT2D eigenvalue weighted by molar-refractivity contribution is 6.32. The number of halogens is 1. The Morgan fingerprint density at radius 2 is 2.09 bits per heavy atom. The number of aliphatic hydroxyl groups excluding tert-OH is 1. The van der Waals surface area contributed by atoms with Crippen molar-refractivity contribution in [1.82, 2.24) is 0 Å². The van der Waals surface area contributed by atoms with E-state index in [1.807, 2.05) is 0 Å². The third-order valence-electron chi connectivity index (χ3n) is 1.44. The van der Waals surface area contributed by atoms with Gasteiger partial charge in [-0.15, -0.1) is 0 Å². The molecule has 0 radical (unpaired) electrons. The van der Waals surface area contributed by atoms with E-state index in [1.54, 1.807) is 12.1 Å². The lowest BCUT2D eigenvalue weighted by Gasteiger charge is -2.02. The van der Waals surface area contributed by atoms with Gasteiger partial charge in [-0.2, -0.15) is 0 Å². The number of benzene rings is 1. The summed E-state index contributed by atoms with van der Waals surface area (Å²) in [7, 11) is 0. The van der Waals surface area contributed by atoms with E-state index in [9.17, 15) is 0 Å². The number of phenols is 1. The topological polar surface area (TPSA) is 40.5 Å². The van der Waals surface area contributed by atoms with Crippen molar-refractivity contribution < 1.29 is 10.2 Å². The number of hydrogen-bond donors (Lipinski definition) is 2. The molecular weight excluding hydrogens is 164 g/mol. The van der Waals surface area contributed by atoms with E-state index in [2.05, 4.69) is 0 Å². The monoisotopic (exact) mass is 172 g/mol. The van der Waals surface area contributed by atoms with Gasteiger partial charge in [0.25, 0.3) is 0 Å². The van der Waals surface area contributed by atoms with Gasteiger partial charge in [0.15, 0.2) is 0 Å². The van der Waals surface area contributed by atoms with Crippen molar-refractivity contribution in [3.63, 3.8) is 0 Å². The van der Waals surface area contributed by atoms with Crippen LogP contribution in [0.25, 0.3) is 0 Å². The van der Waals surface area contributed by atoms with Crippen LogP contribution in [0, 0.1) is 0 Å². The summed E-state index contributed by atoms with van der Waals surface area (Å²) >= 11 is 5.71. The lowest BCUT2D eigenvalue weighted by Crippen LogP contribution is -1.90. The summed E-state index contributed by atoms with van der Waals surface area (Å²) in [4.78, 5) is 0. The molecule has 0 fully saturated rings. The quantitative estimate of drug-likeness (QED) is 0.711. The molecule has 0 bridgehead atoms. The SMILES string of the molecule is OCCc1cccc(O)c1Cl. The van der Waals surface area contributed by atoms with Gasteiger partial charge in [-0.3, -0.25) is 0 Å². The van der Waals surface area contributed by atoms with Crippen molar-refractivity contribution in [3.8, 4) is 5.75 Å². The molecule has 0 saturated carbocycles. The highest BCUT2D eigenvalue weighted by Crippen LogP contribution is 2.26. The van der Waals surface area contributed by atoms with Crippen molar-refractivity contribution in [1.29, 1.82) is 0 Å². The van der Waals surface area contributed by atoms with Crippen LogP contribution in [-0.4, -0.2) is 16.8 Å². The minimum Gasteiger partial charge on any atom is -0.506 e. The Labute approximate surface area is 70.1 Å². The minimum atomic E-state index is 0.0448. The lowest BCUT2D eigenvalue weighted by atomic mass is 10.1. The van der Waals surface area contributed by atoms with Crippen LogP contribution in [0.5, 0.6) is 5.75 Å². The molecule has 0 aliphatic rings. The molecular formula is C8H9ClO2. The number of hydrogen-bond acceptors (Lipinski definition) is 2. The first-order valence-electron chi connectivity index (χ1n) is 3.33. The Morgan fingerprint density at radius 3 is 2.73 bits per heavy atom. The minimum absolute atomic E-state index is 0.0448. The maximum atomic E-state index is 9.11. The fraction of sp³-hybridized carbons (Fsp3) is 0.250. The zero-order valence-electron chi connectivity index (χ0n) is 5.92. The van der Waals surface area contributed by atoms with Gasteiger partial charge >= 0.3 is 0 Å². The van der Waals surface area contributed by atoms with Crippen LogP contribution in [0.2, 0.25) is 5.02 Å². The van der Waals surface area contributed by atoms with Crippen molar-refractivity contribution in [3.05, 3.63) is 28.8 Å². The zero-order valence-corrected chi connectivity index (χ0v) is 6.67. The first-order valence-corrected chi connectivity index (χ1v) is 3.70. The Hall–Kier alpha value is -0.730. The van der Waals surface area contributed by atoms with Crippen molar-refractivity contribution >= 4 is 11.6 Å². The van der Waals surface area contributed by atoms with Crippen LogP contribution in [0.1, 0.15) is 5.56 Å². The first-order chi connectivity index (χ1) is 5.25. The summed E-state index contributed by atoms with van der Waals surface area (Å²) in [6, 6.07) is 4.99. The average molecular weight is 173 g/mol. The fourth-order valence-electron chi connectivity index (χ4n) is 0.880. The number of aliphatic hydroxyl groups is 1. The zero-order chi connectivity index (χ0) is 8.27. The second-order valence-corrected chi connectivity index (χ2v) is 2.60. The molecule has 1 rings (SSSR count). The molecule has 0 atom stereocenters. The molecule has 60 valence electrons. The molecule has 0 amide bonds. The highest BCUT2D eigenvalue weighted by Gasteiger charge is 2.02. The van der Waals surface area contributed by atoms with E-state index < -0.39 is 0 Å². The normalized spacial score (nSPS) is 10.0. The molecule has 3 heteroatoms. The second kappa shape index (κ2) is 3.60. The van der Waals surface area contributed by atoms with E-state index in [0.29, 0.717) is 11.4 Å². The van der Waals surface area contributed by atoms with Gasteiger partial charge in [0, 0.05) is 6.61 Å². The molecule has 1 aromatic rings. The maximum Gasteiger partial charge on any atom is 0.134 e. The molecule has 11 heavy (non-hydrogen) atoms. The van der Waals surface area contributed by atoms with E-state index in [-0.39, 0.29) is 12.4 Å². The molecule has 0 unspecified atom stereocenters. The maximum absolute atomic E-state index is 9.11. The predicted octanol–water partition coefficient (Wildman–Crippen LogP) is 1.58. The Balaban J connectivity index is 2.96. The third-order valence-corrected chi connectivity index (χ3v) is 1.88. The lowest BCUT2D eigenvalue weighted by molar-refractivity contribution is 0.299. The van der Waals surface area contributed by atoms with Gasteiger partial charge in [0.1, 0.15) is 5.75 Å². The summed E-state index contributed by atoms with van der Waals surface area (Å²) in [5, 5.41) is 18.0. The summed E-state index contributed by atoms with van der Waals surface area (Å²) in [5.41, 5.74) is 0.772. The second-order valence-electron chi connectivity index (χ2n) is 2.22. The molecule has 1 aromatic carbocycles. The summed E-state index contributed by atoms with van der Waals surface area (Å²) < 4.78 is 0.